The summed E-state index contributed by atoms with van der Waals surface area (Å²) in [7, 11) is 0. The number of aliphatic hydroxyl groups is 1. The van der Waals surface area contributed by atoms with Gasteiger partial charge in [-0.1, -0.05) is 12.1 Å². The number of hydrogen-bond donors (Lipinski definition) is 3. The Morgan fingerprint density at radius 2 is 1.83 bits per heavy atom. The van der Waals surface area contributed by atoms with Crippen molar-refractivity contribution in [1.29, 1.82) is 0 Å². The molecular formula is C18H21FN2O3. The zero-order valence-electron chi connectivity index (χ0n) is 13.3. The average Bonchev–Trinajstić information content (AvgIpc) is 2.61. The first kappa shape index (κ1) is 17.7. The van der Waals surface area contributed by atoms with Crippen LogP contribution in [0.15, 0.2) is 48.5 Å². The smallest absolute Gasteiger partial charge is 0.251 e. The molecule has 1 amide bonds. The summed E-state index contributed by atoms with van der Waals surface area (Å²) in [6.45, 7) is 1.33. The monoisotopic (exact) mass is 332 g/mol. The molecule has 0 atom stereocenters. The SMILES string of the molecule is O=C(NCCCO)c1ccc(NCCOc2ccccc2F)cc1. The average molecular weight is 332 g/mol. The van der Waals surface area contributed by atoms with E-state index in [2.05, 4.69) is 10.6 Å². The fourth-order valence-electron chi connectivity index (χ4n) is 2.04. The lowest BCUT2D eigenvalue weighted by Crippen LogP contribution is -2.24. The van der Waals surface area contributed by atoms with Gasteiger partial charge in [0, 0.05) is 30.9 Å². The van der Waals surface area contributed by atoms with Gasteiger partial charge in [0.25, 0.3) is 5.91 Å². The Hall–Kier alpha value is -2.60. The fraction of sp³-hybridized carbons (Fsp3) is 0.278. The van der Waals surface area contributed by atoms with E-state index in [0.717, 1.165) is 5.69 Å². The maximum atomic E-state index is 13.4. The van der Waals surface area contributed by atoms with Crippen molar-refractivity contribution in [2.75, 3.05) is 31.6 Å². The summed E-state index contributed by atoms with van der Waals surface area (Å²) in [5.41, 5.74) is 1.40. The minimum Gasteiger partial charge on any atom is -0.489 e. The Bertz CT molecular complexity index is 647. The normalized spacial score (nSPS) is 10.2. The van der Waals surface area contributed by atoms with Gasteiger partial charge in [-0.25, -0.2) is 4.39 Å². The van der Waals surface area contributed by atoms with E-state index in [-0.39, 0.29) is 24.1 Å². The van der Waals surface area contributed by atoms with Gasteiger partial charge in [0.05, 0.1) is 0 Å². The van der Waals surface area contributed by atoms with Gasteiger partial charge in [-0.2, -0.15) is 0 Å². The van der Waals surface area contributed by atoms with Gasteiger partial charge in [0.15, 0.2) is 11.6 Å². The molecule has 0 aliphatic heterocycles. The second-order valence-electron chi connectivity index (χ2n) is 5.12. The first-order chi connectivity index (χ1) is 11.7. The summed E-state index contributed by atoms with van der Waals surface area (Å²) in [5.74, 6) is -0.318. The maximum absolute atomic E-state index is 13.4. The van der Waals surface area contributed by atoms with Gasteiger partial charge in [-0.15, -0.1) is 0 Å². The van der Waals surface area contributed by atoms with Crippen LogP contribution in [0.5, 0.6) is 5.75 Å². The van der Waals surface area contributed by atoms with Gasteiger partial charge in [0.1, 0.15) is 6.61 Å². The molecular weight excluding hydrogens is 311 g/mol. The maximum Gasteiger partial charge on any atom is 0.251 e. The molecule has 0 heterocycles. The summed E-state index contributed by atoms with van der Waals surface area (Å²) in [4.78, 5) is 11.8. The lowest BCUT2D eigenvalue weighted by Gasteiger charge is -2.10. The van der Waals surface area contributed by atoms with Gasteiger partial charge in [0.2, 0.25) is 0 Å². The first-order valence-corrected chi connectivity index (χ1v) is 7.81. The predicted molar refractivity (Wildman–Crippen MR) is 90.9 cm³/mol. The van der Waals surface area contributed by atoms with E-state index in [0.29, 0.717) is 31.7 Å². The molecule has 2 aromatic rings. The van der Waals surface area contributed by atoms with E-state index in [9.17, 15) is 9.18 Å². The van der Waals surface area contributed by atoms with Crippen LogP contribution in [0, 0.1) is 5.82 Å². The molecule has 0 saturated carbocycles. The summed E-state index contributed by atoms with van der Waals surface area (Å²) >= 11 is 0. The third kappa shape index (κ3) is 5.55. The number of benzene rings is 2. The van der Waals surface area contributed by atoms with Crippen molar-refractivity contribution in [3.8, 4) is 5.75 Å². The number of halogens is 1. The highest BCUT2D eigenvalue weighted by Gasteiger charge is 2.04. The predicted octanol–water partition coefficient (Wildman–Crippen LogP) is 2.43. The van der Waals surface area contributed by atoms with Crippen molar-refractivity contribution >= 4 is 11.6 Å². The van der Waals surface area contributed by atoms with Crippen LogP contribution in [0.4, 0.5) is 10.1 Å². The molecule has 5 nitrogen and oxygen atoms in total. The second-order valence-corrected chi connectivity index (χ2v) is 5.12. The van der Waals surface area contributed by atoms with E-state index < -0.39 is 0 Å². The Kier molecular flexibility index (Phi) is 7.04. The number of hydrogen-bond acceptors (Lipinski definition) is 4. The molecule has 0 fully saturated rings. The lowest BCUT2D eigenvalue weighted by molar-refractivity contribution is 0.0951. The number of para-hydroxylation sites is 1. The van der Waals surface area contributed by atoms with Crippen LogP contribution in [-0.4, -0.2) is 37.3 Å². The van der Waals surface area contributed by atoms with Gasteiger partial charge in [-0.05, 0) is 42.8 Å². The topological polar surface area (TPSA) is 70.6 Å². The molecule has 128 valence electrons. The number of carbonyl (C=O) groups is 1. The van der Waals surface area contributed by atoms with Gasteiger partial charge >= 0.3 is 0 Å². The molecule has 3 N–H and O–H groups in total. The molecule has 0 spiro atoms. The number of anilines is 1. The van der Waals surface area contributed by atoms with Gasteiger partial charge < -0.3 is 20.5 Å². The van der Waals surface area contributed by atoms with Crippen molar-refractivity contribution in [3.63, 3.8) is 0 Å². The summed E-state index contributed by atoms with van der Waals surface area (Å²) in [5, 5.41) is 14.5. The van der Waals surface area contributed by atoms with Crippen molar-refractivity contribution in [2.45, 2.75) is 6.42 Å². The zero-order valence-corrected chi connectivity index (χ0v) is 13.3. The van der Waals surface area contributed by atoms with E-state index in [1.165, 1.54) is 6.07 Å². The molecule has 0 aromatic heterocycles. The van der Waals surface area contributed by atoms with Crippen molar-refractivity contribution < 1.29 is 19.0 Å². The summed E-state index contributed by atoms with van der Waals surface area (Å²) < 4.78 is 18.7. The van der Waals surface area contributed by atoms with E-state index >= 15 is 0 Å². The molecule has 0 unspecified atom stereocenters. The van der Waals surface area contributed by atoms with Crippen LogP contribution in [0.3, 0.4) is 0 Å². The molecule has 0 radical (unpaired) electrons. The lowest BCUT2D eigenvalue weighted by atomic mass is 10.2. The Balaban J connectivity index is 1.74. The molecule has 24 heavy (non-hydrogen) atoms. The highest BCUT2D eigenvalue weighted by molar-refractivity contribution is 5.94. The number of carbonyl (C=O) groups excluding carboxylic acids is 1. The Labute approximate surface area is 140 Å². The van der Waals surface area contributed by atoms with Crippen LogP contribution in [0.1, 0.15) is 16.8 Å². The van der Waals surface area contributed by atoms with Crippen molar-refractivity contribution in [3.05, 3.63) is 59.9 Å². The highest BCUT2D eigenvalue weighted by Crippen LogP contribution is 2.15. The van der Waals surface area contributed by atoms with E-state index in [1.54, 1.807) is 42.5 Å². The Morgan fingerprint density at radius 3 is 2.54 bits per heavy atom. The second kappa shape index (κ2) is 9.52. The first-order valence-electron chi connectivity index (χ1n) is 7.81. The third-order valence-electron chi connectivity index (χ3n) is 3.29. The van der Waals surface area contributed by atoms with Crippen LogP contribution < -0.4 is 15.4 Å². The van der Waals surface area contributed by atoms with E-state index in [4.69, 9.17) is 9.84 Å². The molecule has 6 heteroatoms. The van der Waals surface area contributed by atoms with Crippen LogP contribution in [-0.2, 0) is 0 Å². The molecule has 2 rings (SSSR count). The number of nitrogens with one attached hydrogen (secondary N) is 2. The van der Waals surface area contributed by atoms with Crippen molar-refractivity contribution in [2.24, 2.45) is 0 Å². The molecule has 0 saturated heterocycles. The fourth-order valence-corrected chi connectivity index (χ4v) is 2.04. The summed E-state index contributed by atoms with van der Waals surface area (Å²) in [6, 6.07) is 13.3. The molecule has 2 aromatic carbocycles. The van der Waals surface area contributed by atoms with Crippen molar-refractivity contribution in [1.82, 2.24) is 5.32 Å². The van der Waals surface area contributed by atoms with E-state index in [1.807, 2.05) is 0 Å². The minimum absolute atomic E-state index is 0.0537. The Morgan fingerprint density at radius 1 is 1.08 bits per heavy atom. The largest absolute Gasteiger partial charge is 0.489 e. The van der Waals surface area contributed by atoms with Gasteiger partial charge in [-0.3, -0.25) is 4.79 Å². The molecule has 0 aliphatic rings. The molecule has 0 aliphatic carbocycles. The zero-order chi connectivity index (χ0) is 17.2. The number of amides is 1. The van der Waals surface area contributed by atoms with Crippen LogP contribution >= 0.6 is 0 Å². The number of rotatable bonds is 9. The third-order valence-corrected chi connectivity index (χ3v) is 3.29. The van der Waals surface area contributed by atoms with Crippen LogP contribution in [0.25, 0.3) is 0 Å². The molecule has 0 bridgehead atoms. The summed E-state index contributed by atoms with van der Waals surface area (Å²) in [6.07, 6.45) is 0.535. The standard InChI is InChI=1S/C18H21FN2O3/c19-16-4-1-2-5-17(16)24-13-11-20-15-8-6-14(7-9-15)18(23)21-10-3-12-22/h1-2,4-9,20,22H,3,10-13H2,(H,21,23). The highest BCUT2D eigenvalue weighted by atomic mass is 19.1. The quantitative estimate of drug-likeness (QED) is 0.617. The number of ether oxygens (including phenoxy) is 1. The van der Waals surface area contributed by atoms with Crippen LogP contribution in [0.2, 0.25) is 0 Å². The minimum atomic E-state index is -0.380. The number of aliphatic hydroxyl groups excluding tert-OH is 1.